The number of hydrogen-bond acceptors (Lipinski definition) is 3. The van der Waals surface area contributed by atoms with Crippen LogP contribution >= 0.6 is 12.4 Å². The molecule has 72 valence electrons. The molecule has 1 aromatic heterocycles. The van der Waals surface area contributed by atoms with Gasteiger partial charge in [0.2, 0.25) is 0 Å². The van der Waals surface area contributed by atoms with Crippen LogP contribution in [0.25, 0.3) is 0 Å². The molecule has 2 rings (SSSR count). The fourth-order valence-corrected chi connectivity index (χ4v) is 1.61. The van der Waals surface area contributed by atoms with E-state index in [2.05, 4.69) is 15.3 Å². The van der Waals surface area contributed by atoms with Crippen LogP contribution in [0.4, 0.5) is 0 Å². The summed E-state index contributed by atoms with van der Waals surface area (Å²) < 4.78 is 0. The van der Waals surface area contributed by atoms with Crippen molar-refractivity contribution in [2.75, 3.05) is 6.54 Å². The Morgan fingerprint density at radius 1 is 1.38 bits per heavy atom. The highest BCUT2D eigenvalue weighted by atomic mass is 35.5. The third-order valence-electron chi connectivity index (χ3n) is 2.27. The van der Waals surface area contributed by atoms with Crippen LogP contribution < -0.4 is 5.32 Å². The van der Waals surface area contributed by atoms with E-state index in [1.165, 1.54) is 19.3 Å². The molecule has 13 heavy (non-hydrogen) atoms. The second-order valence-electron chi connectivity index (χ2n) is 3.14. The molecule has 3 nitrogen and oxygen atoms in total. The van der Waals surface area contributed by atoms with Gasteiger partial charge in [0.25, 0.3) is 0 Å². The molecule has 0 aliphatic carbocycles. The quantitative estimate of drug-likeness (QED) is 0.749. The lowest BCUT2D eigenvalue weighted by Gasteiger charge is -2.22. The van der Waals surface area contributed by atoms with E-state index in [0.717, 1.165) is 12.2 Å². The molecular formula is C9H14ClN3. The summed E-state index contributed by atoms with van der Waals surface area (Å²) >= 11 is 0. The van der Waals surface area contributed by atoms with Gasteiger partial charge in [-0.1, -0.05) is 6.42 Å². The Bertz CT molecular complexity index is 234. The zero-order valence-electron chi connectivity index (χ0n) is 7.44. The Balaban J connectivity index is 0.000000845. The molecule has 1 aliphatic rings. The zero-order valence-corrected chi connectivity index (χ0v) is 8.26. The summed E-state index contributed by atoms with van der Waals surface area (Å²) in [7, 11) is 0. The molecule has 0 spiro atoms. The fourth-order valence-electron chi connectivity index (χ4n) is 1.61. The summed E-state index contributed by atoms with van der Waals surface area (Å²) in [6.07, 6.45) is 7.23. The molecule has 1 atom stereocenters. The van der Waals surface area contributed by atoms with Gasteiger partial charge in [0.15, 0.2) is 0 Å². The van der Waals surface area contributed by atoms with Gasteiger partial charge >= 0.3 is 0 Å². The molecule has 1 fully saturated rings. The van der Waals surface area contributed by atoms with E-state index in [4.69, 9.17) is 0 Å². The van der Waals surface area contributed by atoms with Gasteiger partial charge < -0.3 is 5.32 Å². The first kappa shape index (κ1) is 10.4. The highest BCUT2D eigenvalue weighted by Crippen LogP contribution is 2.19. The van der Waals surface area contributed by atoms with Gasteiger partial charge in [-0.05, 0) is 25.5 Å². The maximum absolute atomic E-state index is 4.23. The second-order valence-corrected chi connectivity index (χ2v) is 3.14. The average molecular weight is 200 g/mol. The minimum atomic E-state index is 0. The van der Waals surface area contributed by atoms with Crippen molar-refractivity contribution in [1.29, 1.82) is 0 Å². The number of halogens is 1. The van der Waals surface area contributed by atoms with Crippen LogP contribution in [0.3, 0.4) is 0 Å². The number of nitrogens with zero attached hydrogens (tertiary/aromatic N) is 2. The third kappa shape index (κ3) is 2.64. The first-order chi connectivity index (χ1) is 5.97. The van der Waals surface area contributed by atoms with E-state index >= 15 is 0 Å². The largest absolute Gasteiger partial charge is 0.309 e. The third-order valence-corrected chi connectivity index (χ3v) is 2.27. The molecule has 1 aromatic rings. The normalized spacial score (nSPS) is 22.0. The minimum Gasteiger partial charge on any atom is -0.309 e. The molecule has 1 aliphatic heterocycles. The number of nitrogens with one attached hydrogen (secondary N) is 1. The number of aromatic nitrogens is 2. The van der Waals surface area contributed by atoms with Gasteiger partial charge in [0.1, 0.15) is 6.33 Å². The predicted octanol–water partition coefficient (Wildman–Crippen LogP) is 1.71. The van der Waals surface area contributed by atoms with Crippen LogP contribution in [0.15, 0.2) is 18.6 Å². The zero-order chi connectivity index (χ0) is 8.23. The van der Waals surface area contributed by atoms with Crippen molar-refractivity contribution in [3.8, 4) is 0 Å². The molecule has 0 unspecified atom stereocenters. The van der Waals surface area contributed by atoms with Crippen LogP contribution in [0.1, 0.15) is 31.0 Å². The van der Waals surface area contributed by atoms with Gasteiger partial charge in [-0.15, -0.1) is 12.4 Å². The summed E-state index contributed by atoms with van der Waals surface area (Å²) in [6, 6.07) is 2.45. The first-order valence-electron chi connectivity index (χ1n) is 4.46. The highest BCUT2D eigenvalue weighted by Gasteiger charge is 2.14. The number of piperidine rings is 1. The first-order valence-corrected chi connectivity index (χ1v) is 4.46. The van der Waals surface area contributed by atoms with Gasteiger partial charge in [0.05, 0.1) is 5.69 Å². The molecular weight excluding hydrogens is 186 g/mol. The van der Waals surface area contributed by atoms with Gasteiger partial charge in [-0.25, -0.2) is 9.97 Å². The van der Waals surface area contributed by atoms with E-state index in [9.17, 15) is 0 Å². The molecule has 1 N–H and O–H groups in total. The van der Waals surface area contributed by atoms with E-state index in [1.807, 2.05) is 6.07 Å². The van der Waals surface area contributed by atoms with Crippen LogP contribution in [-0.2, 0) is 0 Å². The molecule has 0 radical (unpaired) electrons. The van der Waals surface area contributed by atoms with Crippen molar-refractivity contribution in [2.24, 2.45) is 0 Å². The summed E-state index contributed by atoms with van der Waals surface area (Å²) in [6.45, 7) is 1.12. The van der Waals surface area contributed by atoms with Crippen LogP contribution in [0.2, 0.25) is 0 Å². The maximum Gasteiger partial charge on any atom is 0.115 e. The molecule has 2 heterocycles. The van der Waals surface area contributed by atoms with Crippen molar-refractivity contribution in [3.05, 3.63) is 24.3 Å². The maximum atomic E-state index is 4.23. The van der Waals surface area contributed by atoms with Gasteiger partial charge in [-0.3, -0.25) is 0 Å². The Hall–Kier alpha value is -0.670. The SMILES string of the molecule is Cl.c1cc([C@@H]2CCCCN2)ncn1. The van der Waals surface area contributed by atoms with Crippen LogP contribution in [0, 0.1) is 0 Å². The van der Waals surface area contributed by atoms with Crippen molar-refractivity contribution >= 4 is 12.4 Å². The van der Waals surface area contributed by atoms with Crippen molar-refractivity contribution in [2.45, 2.75) is 25.3 Å². The standard InChI is InChI=1S/C9H13N3.ClH/c1-2-5-11-8(3-1)9-4-6-10-7-12-9;/h4,6-8,11H,1-3,5H2;1H/t8-;/m0./s1. The van der Waals surface area contributed by atoms with Crippen molar-refractivity contribution in [3.63, 3.8) is 0 Å². The number of hydrogen-bond donors (Lipinski definition) is 1. The lowest BCUT2D eigenvalue weighted by Crippen LogP contribution is -2.27. The molecule has 0 bridgehead atoms. The highest BCUT2D eigenvalue weighted by molar-refractivity contribution is 5.85. The second kappa shape index (κ2) is 5.14. The Morgan fingerprint density at radius 2 is 2.31 bits per heavy atom. The minimum absolute atomic E-state index is 0. The van der Waals surface area contributed by atoms with Crippen LogP contribution in [-0.4, -0.2) is 16.5 Å². The van der Waals surface area contributed by atoms with Gasteiger partial charge in [0, 0.05) is 12.2 Å². The van der Waals surface area contributed by atoms with E-state index < -0.39 is 0 Å². The topological polar surface area (TPSA) is 37.8 Å². The molecule has 1 saturated heterocycles. The lowest BCUT2D eigenvalue weighted by molar-refractivity contribution is 0.405. The Labute approximate surface area is 84.4 Å². The monoisotopic (exact) mass is 199 g/mol. The van der Waals surface area contributed by atoms with Crippen molar-refractivity contribution in [1.82, 2.24) is 15.3 Å². The lowest BCUT2D eigenvalue weighted by atomic mass is 10.0. The van der Waals surface area contributed by atoms with Crippen molar-refractivity contribution < 1.29 is 0 Å². The predicted molar refractivity (Wildman–Crippen MR) is 53.9 cm³/mol. The summed E-state index contributed by atoms with van der Waals surface area (Å²) in [4.78, 5) is 8.13. The Morgan fingerprint density at radius 3 is 2.92 bits per heavy atom. The summed E-state index contributed by atoms with van der Waals surface area (Å²) in [5.41, 5.74) is 1.13. The summed E-state index contributed by atoms with van der Waals surface area (Å²) in [5.74, 6) is 0. The molecule has 0 saturated carbocycles. The molecule has 0 aromatic carbocycles. The molecule has 0 amide bonds. The summed E-state index contributed by atoms with van der Waals surface area (Å²) in [5, 5.41) is 3.45. The average Bonchev–Trinajstić information content (AvgIpc) is 2.21. The smallest absolute Gasteiger partial charge is 0.115 e. The van der Waals surface area contributed by atoms with E-state index in [1.54, 1.807) is 12.5 Å². The van der Waals surface area contributed by atoms with E-state index in [0.29, 0.717) is 6.04 Å². The van der Waals surface area contributed by atoms with Gasteiger partial charge in [-0.2, -0.15) is 0 Å². The number of rotatable bonds is 1. The molecule has 4 heteroatoms. The van der Waals surface area contributed by atoms with Crippen LogP contribution in [0.5, 0.6) is 0 Å². The Kier molecular flexibility index (Phi) is 4.12. The van der Waals surface area contributed by atoms with E-state index in [-0.39, 0.29) is 12.4 Å². The fraction of sp³-hybridized carbons (Fsp3) is 0.556.